The molecule has 4 nitrogen and oxygen atoms in total. The molecule has 0 radical (unpaired) electrons. The lowest BCUT2D eigenvalue weighted by molar-refractivity contribution is -0.143. The second kappa shape index (κ2) is 9.03. The van der Waals surface area contributed by atoms with Crippen molar-refractivity contribution in [1.29, 1.82) is 0 Å². The van der Waals surface area contributed by atoms with Crippen LogP contribution in [0.25, 0.3) is 6.08 Å². The van der Waals surface area contributed by atoms with E-state index in [0.29, 0.717) is 6.54 Å². The molecule has 24 heavy (non-hydrogen) atoms. The molecule has 0 fully saturated rings. The minimum Gasteiger partial charge on any atom is -0.452 e. The van der Waals surface area contributed by atoms with Crippen molar-refractivity contribution in [3.63, 3.8) is 0 Å². The van der Waals surface area contributed by atoms with Crippen LogP contribution in [-0.4, -0.2) is 25.0 Å². The Bertz CT molecular complexity index is 734. The summed E-state index contributed by atoms with van der Waals surface area (Å²) in [6, 6.07) is 12.0. The first-order valence-corrected chi connectivity index (χ1v) is 8.59. The van der Waals surface area contributed by atoms with Gasteiger partial charge < -0.3 is 10.1 Å². The lowest BCUT2D eigenvalue weighted by Crippen LogP contribution is -2.30. The summed E-state index contributed by atoms with van der Waals surface area (Å²) in [7, 11) is 0. The molecule has 0 spiro atoms. The van der Waals surface area contributed by atoms with Gasteiger partial charge in [0.1, 0.15) is 0 Å². The third-order valence-electron chi connectivity index (χ3n) is 3.47. The summed E-state index contributed by atoms with van der Waals surface area (Å²) < 4.78 is 4.93. The fraction of sp³-hybridized carbons (Fsp3) is 0.263. The van der Waals surface area contributed by atoms with Crippen LogP contribution in [0.5, 0.6) is 0 Å². The first kappa shape index (κ1) is 17.9. The number of ether oxygens (including phenoxy) is 1. The van der Waals surface area contributed by atoms with Gasteiger partial charge in [0.15, 0.2) is 6.61 Å². The van der Waals surface area contributed by atoms with Crippen molar-refractivity contribution in [3.8, 4) is 0 Å². The van der Waals surface area contributed by atoms with Crippen LogP contribution < -0.4 is 5.32 Å². The van der Waals surface area contributed by atoms with Gasteiger partial charge in [-0.05, 0) is 49.6 Å². The number of aryl methyl sites for hydroxylation is 2. The summed E-state index contributed by atoms with van der Waals surface area (Å²) in [6.45, 7) is 4.30. The number of carbonyl (C=O) groups excluding carboxylic acids is 2. The number of thiophene rings is 1. The minimum atomic E-state index is -0.518. The van der Waals surface area contributed by atoms with Crippen LogP contribution in [0.1, 0.15) is 20.9 Å². The highest BCUT2D eigenvalue weighted by molar-refractivity contribution is 7.12. The summed E-state index contributed by atoms with van der Waals surface area (Å²) in [5.74, 6) is -0.813. The van der Waals surface area contributed by atoms with Crippen LogP contribution in [-0.2, 0) is 20.7 Å². The summed E-state index contributed by atoms with van der Waals surface area (Å²) in [5.41, 5.74) is 2.40. The average molecular weight is 343 g/mol. The van der Waals surface area contributed by atoms with Gasteiger partial charge in [0.05, 0.1) is 0 Å². The predicted octanol–water partition coefficient (Wildman–Crippen LogP) is 3.28. The summed E-state index contributed by atoms with van der Waals surface area (Å²) in [4.78, 5) is 25.4. The van der Waals surface area contributed by atoms with E-state index < -0.39 is 5.97 Å². The molecule has 0 bridgehead atoms. The van der Waals surface area contributed by atoms with Crippen molar-refractivity contribution in [2.24, 2.45) is 0 Å². The van der Waals surface area contributed by atoms with Crippen LogP contribution in [0.2, 0.25) is 0 Å². The Labute approximate surface area is 146 Å². The molecule has 2 rings (SSSR count). The van der Waals surface area contributed by atoms with Gasteiger partial charge >= 0.3 is 5.97 Å². The summed E-state index contributed by atoms with van der Waals surface area (Å²) in [6.07, 6.45) is 3.78. The quantitative estimate of drug-likeness (QED) is 0.620. The molecule has 0 atom stereocenters. The Morgan fingerprint density at radius 3 is 2.67 bits per heavy atom. The van der Waals surface area contributed by atoms with E-state index >= 15 is 0 Å². The van der Waals surface area contributed by atoms with Gasteiger partial charge in [0.25, 0.3) is 5.91 Å². The Kier molecular flexibility index (Phi) is 6.75. The highest BCUT2D eigenvalue weighted by atomic mass is 32.1. The van der Waals surface area contributed by atoms with E-state index in [0.717, 1.165) is 11.3 Å². The van der Waals surface area contributed by atoms with Gasteiger partial charge in [-0.1, -0.05) is 24.3 Å². The molecule has 1 aromatic heterocycles. The van der Waals surface area contributed by atoms with Gasteiger partial charge in [-0.15, -0.1) is 11.3 Å². The molecule has 0 saturated carbocycles. The van der Waals surface area contributed by atoms with E-state index in [-0.39, 0.29) is 12.5 Å². The maximum atomic E-state index is 11.7. The van der Waals surface area contributed by atoms with E-state index in [1.807, 2.05) is 50.2 Å². The van der Waals surface area contributed by atoms with E-state index in [1.54, 1.807) is 17.4 Å². The first-order valence-electron chi connectivity index (χ1n) is 7.77. The zero-order chi connectivity index (χ0) is 17.4. The van der Waals surface area contributed by atoms with Gasteiger partial charge in [-0.3, -0.25) is 4.79 Å². The fourth-order valence-electron chi connectivity index (χ4n) is 2.16. The van der Waals surface area contributed by atoms with Gasteiger partial charge in [0, 0.05) is 22.4 Å². The van der Waals surface area contributed by atoms with Crippen LogP contribution in [0, 0.1) is 13.8 Å². The van der Waals surface area contributed by atoms with Crippen molar-refractivity contribution in [1.82, 2.24) is 5.32 Å². The molecule has 0 aliphatic carbocycles. The van der Waals surface area contributed by atoms with Crippen LogP contribution in [0.4, 0.5) is 0 Å². The molecule has 126 valence electrons. The second-order valence-electron chi connectivity index (χ2n) is 5.42. The SMILES string of the molecule is Cc1ccc(/C=C/C(=O)OCC(=O)NCCc2ccccc2C)s1. The Morgan fingerprint density at radius 2 is 1.96 bits per heavy atom. The molecular formula is C19H21NO3S. The van der Waals surface area contributed by atoms with E-state index in [1.165, 1.54) is 22.1 Å². The van der Waals surface area contributed by atoms with Crippen molar-refractivity contribution < 1.29 is 14.3 Å². The molecule has 0 aliphatic heterocycles. The first-order chi connectivity index (χ1) is 11.5. The normalized spacial score (nSPS) is 10.8. The van der Waals surface area contributed by atoms with Crippen molar-refractivity contribution in [2.45, 2.75) is 20.3 Å². The monoisotopic (exact) mass is 343 g/mol. The zero-order valence-corrected chi connectivity index (χ0v) is 14.7. The second-order valence-corrected chi connectivity index (χ2v) is 6.74. The molecule has 5 heteroatoms. The molecule has 1 heterocycles. The standard InChI is InChI=1S/C19H21NO3S/c1-14-5-3-4-6-16(14)11-12-20-18(21)13-23-19(22)10-9-17-8-7-15(2)24-17/h3-10H,11-13H2,1-2H3,(H,20,21)/b10-9+. The predicted molar refractivity (Wildman–Crippen MR) is 96.9 cm³/mol. The summed E-state index contributed by atoms with van der Waals surface area (Å²) in [5, 5.41) is 2.75. The lowest BCUT2D eigenvalue weighted by Gasteiger charge is -2.07. The molecule has 1 amide bonds. The smallest absolute Gasteiger partial charge is 0.331 e. The van der Waals surface area contributed by atoms with Gasteiger partial charge in [-0.2, -0.15) is 0 Å². The molecule has 2 aromatic rings. The van der Waals surface area contributed by atoms with Crippen LogP contribution in [0.3, 0.4) is 0 Å². The topological polar surface area (TPSA) is 55.4 Å². The Balaban J connectivity index is 1.66. The number of amides is 1. The van der Waals surface area contributed by atoms with Gasteiger partial charge in [-0.25, -0.2) is 4.79 Å². The number of carbonyl (C=O) groups is 2. The number of benzene rings is 1. The lowest BCUT2D eigenvalue weighted by atomic mass is 10.1. The van der Waals surface area contributed by atoms with Crippen LogP contribution in [0.15, 0.2) is 42.5 Å². The number of hydrogen-bond donors (Lipinski definition) is 1. The molecule has 1 aromatic carbocycles. The number of rotatable bonds is 7. The molecule has 0 unspecified atom stereocenters. The number of esters is 1. The average Bonchev–Trinajstić information content (AvgIpc) is 2.98. The third-order valence-corrected chi connectivity index (χ3v) is 4.43. The van der Waals surface area contributed by atoms with E-state index in [4.69, 9.17) is 4.74 Å². The number of hydrogen-bond acceptors (Lipinski definition) is 4. The molecule has 1 N–H and O–H groups in total. The van der Waals surface area contributed by atoms with E-state index in [2.05, 4.69) is 5.32 Å². The summed E-state index contributed by atoms with van der Waals surface area (Å²) >= 11 is 1.59. The Morgan fingerprint density at radius 1 is 1.17 bits per heavy atom. The van der Waals surface area contributed by atoms with E-state index in [9.17, 15) is 9.59 Å². The maximum absolute atomic E-state index is 11.7. The van der Waals surface area contributed by atoms with Crippen molar-refractivity contribution in [2.75, 3.05) is 13.2 Å². The third kappa shape index (κ3) is 6.01. The molecule has 0 aliphatic rings. The molecular weight excluding hydrogens is 322 g/mol. The zero-order valence-electron chi connectivity index (χ0n) is 13.9. The Hall–Kier alpha value is -2.40. The van der Waals surface area contributed by atoms with Crippen molar-refractivity contribution in [3.05, 3.63) is 63.4 Å². The molecule has 0 saturated heterocycles. The highest BCUT2D eigenvalue weighted by Gasteiger charge is 2.05. The maximum Gasteiger partial charge on any atom is 0.331 e. The minimum absolute atomic E-state index is 0.263. The van der Waals surface area contributed by atoms with Crippen LogP contribution >= 0.6 is 11.3 Å². The van der Waals surface area contributed by atoms with Gasteiger partial charge in [0.2, 0.25) is 0 Å². The highest BCUT2D eigenvalue weighted by Crippen LogP contribution is 2.16. The fourth-order valence-corrected chi connectivity index (χ4v) is 2.94. The largest absolute Gasteiger partial charge is 0.452 e. The van der Waals surface area contributed by atoms with Crippen molar-refractivity contribution >= 4 is 29.3 Å². The number of nitrogens with one attached hydrogen (secondary N) is 1.